The highest BCUT2D eigenvalue weighted by Gasteiger charge is 2.61. The summed E-state index contributed by atoms with van der Waals surface area (Å²) in [5.41, 5.74) is 0.586. The van der Waals surface area contributed by atoms with Crippen LogP contribution >= 0.6 is 0 Å². The van der Waals surface area contributed by atoms with Crippen LogP contribution in [0.4, 0.5) is 0 Å². The van der Waals surface area contributed by atoms with E-state index >= 15 is 0 Å². The molecule has 2 heteroatoms. The zero-order chi connectivity index (χ0) is 12.1. The summed E-state index contributed by atoms with van der Waals surface area (Å²) < 4.78 is 0. The van der Waals surface area contributed by atoms with Crippen molar-refractivity contribution in [3.8, 4) is 0 Å². The third-order valence-electron chi connectivity index (χ3n) is 5.60. The topological polar surface area (TPSA) is 37.3 Å². The first kappa shape index (κ1) is 11.5. The lowest BCUT2D eigenvalue weighted by atomic mass is 9.59. The number of ketones is 1. The molecular formula is C15H22O2. The molecule has 0 saturated heterocycles. The Hall–Kier alpha value is -0.630. The zero-order valence-electron chi connectivity index (χ0n) is 10.5. The minimum Gasteiger partial charge on any atom is -0.389 e. The van der Waals surface area contributed by atoms with Gasteiger partial charge < -0.3 is 5.11 Å². The average molecular weight is 234 g/mol. The van der Waals surface area contributed by atoms with Crippen LogP contribution in [0.3, 0.4) is 0 Å². The molecule has 94 valence electrons. The van der Waals surface area contributed by atoms with E-state index in [0.29, 0.717) is 18.6 Å². The van der Waals surface area contributed by atoms with E-state index in [1.165, 1.54) is 12.8 Å². The summed E-state index contributed by atoms with van der Waals surface area (Å²) in [5, 5.41) is 11.1. The highest BCUT2D eigenvalue weighted by atomic mass is 16.3. The number of hydrogen-bond donors (Lipinski definition) is 1. The number of hydrogen-bond acceptors (Lipinski definition) is 2. The first-order valence-corrected chi connectivity index (χ1v) is 6.99. The maximum absolute atomic E-state index is 11.7. The fraction of sp³-hybridized carbons (Fsp3) is 0.800. The van der Waals surface area contributed by atoms with Crippen LogP contribution in [0.2, 0.25) is 0 Å². The van der Waals surface area contributed by atoms with Gasteiger partial charge in [-0.1, -0.05) is 31.4 Å². The van der Waals surface area contributed by atoms with E-state index in [1.807, 2.05) is 0 Å². The number of Topliss-reactive ketones (excluding diaryl/α,β-unsaturated/α-hetero) is 1. The average Bonchev–Trinajstić information content (AvgIpc) is 2.41. The molecule has 0 aromatic heterocycles. The number of carbonyl (C=O) groups excluding carboxylic acids is 1. The summed E-state index contributed by atoms with van der Waals surface area (Å²) in [5.74, 6) is 0.641. The maximum Gasteiger partial charge on any atom is 0.133 e. The largest absolute Gasteiger partial charge is 0.389 e. The lowest BCUT2D eigenvalue weighted by molar-refractivity contribution is -0.134. The summed E-state index contributed by atoms with van der Waals surface area (Å²) in [4.78, 5) is 11.7. The van der Waals surface area contributed by atoms with Crippen LogP contribution < -0.4 is 0 Å². The van der Waals surface area contributed by atoms with Gasteiger partial charge in [-0.3, -0.25) is 4.79 Å². The SMILES string of the molecule is C=C1C[C@]2(O)CCCCC[C@@]23CCC(=O)C[C@@H]13. The van der Waals surface area contributed by atoms with Crippen molar-refractivity contribution in [1.29, 1.82) is 0 Å². The van der Waals surface area contributed by atoms with Crippen molar-refractivity contribution in [1.82, 2.24) is 0 Å². The van der Waals surface area contributed by atoms with Crippen molar-refractivity contribution in [2.45, 2.75) is 63.4 Å². The van der Waals surface area contributed by atoms with Crippen molar-refractivity contribution in [3.05, 3.63) is 12.2 Å². The first-order valence-electron chi connectivity index (χ1n) is 6.99. The second kappa shape index (κ2) is 3.68. The lowest BCUT2D eigenvalue weighted by Gasteiger charge is -2.47. The van der Waals surface area contributed by atoms with Gasteiger partial charge >= 0.3 is 0 Å². The fourth-order valence-electron chi connectivity index (χ4n) is 4.73. The van der Waals surface area contributed by atoms with Gasteiger partial charge in [-0.2, -0.15) is 0 Å². The summed E-state index contributed by atoms with van der Waals surface area (Å²) in [6.45, 7) is 4.16. The number of rotatable bonds is 0. The van der Waals surface area contributed by atoms with E-state index in [-0.39, 0.29) is 11.3 Å². The van der Waals surface area contributed by atoms with Crippen LogP contribution in [0.25, 0.3) is 0 Å². The van der Waals surface area contributed by atoms with E-state index in [9.17, 15) is 9.90 Å². The van der Waals surface area contributed by atoms with Gasteiger partial charge in [0.2, 0.25) is 0 Å². The molecular weight excluding hydrogens is 212 g/mol. The second-order valence-electron chi connectivity index (χ2n) is 6.38. The summed E-state index contributed by atoms with van der Waals surface area (Å²) in [7, 11) is 0. The van der Waals surface area contributed by atoms with Gasteiger partial charge in [0, 0.05) is 18.3 Å². The molecule has 0 aliphatic heterocycles. The molecule has 3 aliphatic rings. The highest BCUT2D eigenvalue weighted by molar-refractivity contribution is 5.80. The number of carbonyl (C=O) groups is 1. The molecule has 3 atom stereocenters. The maximum atomic E-state index is 11.7. The smallest absolute Gasteiger partial charge is 0.133 e. The van der Waals surface area contributed by atoms with E-state index in [4.69, 9.17) is 0 Å². The van der Waals surface area contributed by atoms with Crippen molar-refractivity contribution in [3.63, 3.8) is 0 Å². The standard InChI is InChI=1S/C15H22O2/c1-11-10-15(17)7-4-2-3-6-14(15)8-5-12(16)9-13(11)14/h13,17H,1-10H2/t13-,14-,15+/m0/s1. The molecule has 0 unspecified atom stereocenters. The van der Waals surface area contributed by atoms with Crippen molar-refractivity contribution in [2.24, 2.45) is 11.3 Å². The van der Waals surface area contributed by atoms with Crippen LogP contribution in [-0.4, -0.2) is 16.5 Å². The van der Waals surface area contributed by atoms with Crippen LogP contribution in [-0.2, 0) is 4.79 Å². The molecule has 0 aromatic carbocycles. The third-order valence-corrected chi connectivity index (χ3v) is 5.60. The molecule has 3 aliphatic carbocycles. The Morgan fingerprint density at radius 1 is 1.18 bits per heavy atom. The second-order valence-corrected chi connectivity index (χ2v) is 6.38. The Bertz CT molecular complexity index is 373. The molecule has 0 amide bonds. The quantitative estimate of drug-likeness (QED) is 0.654. The van der Waals surface area contributed by atoms with Gasteiger partial charge in [0.25, 0.3) is 0 Å². The Morgan fingerprint density at radius 3 is 2.76 bits per heavy atom. The summed E-state index contributed by atoms with van der Waals surface area (Å²) >= 11 is 0. The summed E-state index contributed by atoms with van der Waals surface area (Å²) in [6.07, 6.45) is 8.53. The minimum atomic E-state index is -0.550. The molecule has 3 fully saturated rings. The Morgan fingerprint density at radius 2 is 1.94 bits per heavy atom. The molecule has 0 bridgehead atoms. The van der Waals surface area contributed by atoms with Gasteiger partial charge in [0.05, 0.1) is 5.60 Å². The minimum absolute atomic E-state index is 0.00546. The number of aliphatic hydroxyl groups is 1. The van der Waals surface area contributed by atoms with E-state index < -0.39 is 5.60 Å². The molecule has 2 nitrogen and oxygen atoms in total. The van der Waals surface area contributed by atoms with Gasteiger partial charge in [-0.25, -0.2) is 0 Å². The van der Waals surface area contributed by atoms with Crippen LogP contribution in [0, 0.1) is 11.3 Å². The molecule has 17 heavy (non-hydrogen) atoms. The lowest BCUT2D eigenvalue weighted by Crippen LogP contribution is -2.49. The van der Waals surface area contributed by atoms with E-state index in [2.05, 4.69) is 6.58 Å². The monoisotopic (exact) mass is 234 g/mol. The molecule has 1 N–H and O–H groups in total. The molecule has 3 saturated carbocycles. The predicted octanol–water partition coefficient (Wildman–Crippen LogP) is 3.00. The molecule has 1 spiro atoms. The van der Waals surface area contributed by atoms with Crippen LogP contribution in [0.5, 0.6) is 0 Å². The van der Waals surface area contributed by atoms with Crippen molar-refractivity contribution in [2.75, 3.05) is 0 Å². The third kappa shape index (κ3) is 1.46. The van der Waals surface area contributed by atoms with Gasteiger partial charge in [-0.15, -0.1) is 0 Å². The van der Waals surface area contributed by atoms with Crippen molar-refractivity contribution >= 4 is 5.78 Å². The van der Waals surface area contributed by atoms with Gasteiger partial charge in [-0.05, 0) is 31.6 Å². The molecule has 0 radical (unpaired) electrons. The van der Waals surface area contributed by atoms with E-state index in [1.54, 1.807) is 0 Å². The normalized spacial score (nSPS) is 46.3. The highest BCUT2D eigenvalue weighted by Crippen LogP contribution is 2.63. The fourth-order valence-corrected chi connectivity index (χ4v) is 4.73. The Labute approximate surface area is 103 Å². The van der Waals surface area contributed by atoms with Gasteiger partial charge in [0.15, 0.2) is 0 Å². The predicted molar refractivity (Wildman–Crippen MR) is 66.6 cm³/mol. The van der Waals surface area contributed by atoms with Crippen LogP contribution in [0.1, 0.15) is 57.8 Å². The molecule has 0 aromatic rings. The first-order chi connectivity index (χ1) is 8.07. The van der Waals surface area contributed by atoms with Gasteiger partial charge in [0.1, 0.15) is 5.78 Å². The molecule has 3 rings (SSSR count). The summed E-state index contributed by atoms with van der Waals surface area (Å²) in [6, 6.07) is 0. The molecule has 0 heterocycles. The Kier molecular flexibility index (Phi) is 2.48. The van der Waals surface area contributed by atoms with Crippen molar-refractivity contribution < 1.29 is 9.90 Å². The van der Waals surface area contributed by atoms with E-state index in [0.717, 1.165) is 37.7 Å². The Balaban J connectivity index is 2.03. The zero-order valence-corrected chi connectivity index (χ0v) is 10.5. The van der Waals surface area contributed by atoms with Crippen LogP contribution in [0.15, 0.2) is 12.2 Å².